The smallest absolute Gasteiger partial charge is 0.374 e. The number of para-hydroxylation sites is 1. The van der Waals surface area contributed by atoms with E-state index in [1.165, 1.54) is 0 Å². The molecular weight excluding hydrogens is 242 g/mol. The number of carbonyl (C=O) groups is 1. The maximum absolute atomic E-state index is 11.1. The Bertz CT molecular complexity index is 613. The van der Waals surface area contributed by atoms with Crippen LogP contribution in [0.5, 0.6) is 0 Å². The second kappa shape index (κ2) is 5.22. The molecule has 0 aliphatic rings. The third-order valence-electron chi connectivity index (χ3n) is 3.36. The Labute approximate surface area is 111 Å². The molecule has 19 heavy (non-hydrogen) atoms. The van der Waals surface area contributed by atoms with Gasteiger partial charge in [-0.2, -0.15) is 0 Å². The van der Waals surface area contributed by atoms with Crippen LogP contribution in [0.2, 0.25) is 0 Å². The van der Waals surface area contributed by atoms with Crippen molar-refractivity contribution in [2.24, 2.45) is 0 Å². The van der Waals surface area contributed by atoms with E-state index in [1.807, 2.05) is 30.1 Å². The molecule has 0 aliphatic heterocycles. The minimum absolute atomic E-state index is 0.163. The summed E-state index contributed by atoms with van der Waals surface area (Å²) in [5, 5.41) is 9.97. The molecule has 1 aromatic carbocycles. The fourth-order valence-corrected chi connectivity index (χ4v) is 1.91. The lowest BCUT2D eigenvalue weighted by Gasteiger charge is -2.26. The number of rotatable bonds is 4. The zero-order valence-electron chi connectivity index (χ0n) is 11.3. The van der Waals surface area contributed by atoms with E-state index in [0.29, 0.717) is 11.3 Å². The second-order valence-electron chi connectivity index (χ2n) is 4.56. The SMILES string of the molecule is CCC(C)N(C)c1nc(C(=O)O)nc2ccccc12. The highest BCUT2D eigenvalue weighted by atomic mass is 16.4. The third kappa shape index (κ3) is 2.50. The van der Waals surface area contributed by atoms with Crippen molar-refractivity contribution in [3.63, 3.8) is 0 Å². The van der Waals surface area contributed by atoms with Gasteiger partial charge < -0.3 is 10.0 Å². The van der Waals surface area contributed by atoms with Crippen molar-refractivity contribution in [2.45, 2.75) is 26.3 Å². The Morgan fingerprint density at radius 3 is 2.68 bits per heavy atom. The van der Waals surface area contributed by atoms with Gasteiger partial charge in [0, 0.05) is 18.5 Å². The highest BCUT2D eigenvalue weighted by Crippen LogP contribution is 2.24. The lowest BCUT2D eigenvalue weighted by atomic mass is 10.2. The highest BCUT2D eigenvalue weighted by molar-refractivity contribution is 5.93. The summed E-state index contributed by atoms with van der Waals surface area (Å²) in [6, 6.07) is 7.74. The molecule has 5 heteroatoms. The molecule has 0 fully saturated rings. The molecule has 0 saturated carbocycles. The van der Waals surface area contributed by atoms with Gasteiger partial charge in [0.05, 0.1) is 5.52 Å². The Balaban J connectivity index is 2.66. The number of carboxylic acid groups (broad SMARTS) is 1. The highest BCUT2D eigenvalue weighted by Gasteiger charge is 2.17. The van der Waals surface area contributed by atoms with Crippen LogP contribution in [0.25, 0.3) is 10.9 Å². The van der Waals surface area contributed by atoms with Crippen LogP contribution >= 0.6 is 0 Å². The van der Waals surface area contributed by atoms with E-state index in [9.17, 15) is 4.79 Å². The monoisotopic (exact) mass is 259 g/mol. The lowest BCUT2D eigenvalue weighted by molar-refractivity contribution is 0.0684. The van der Waals surface area contributed by atoms with Gasteiger partial charge in [-0.05, 0) is 25.5 Å². The van der Waals surface area contributed by atoms with Crippen molar-refractivity contribution in [3.8, 4) is 0 Å². The maximum atomic E-state index is 11.1. The summed E-state index contributed by atoms with van der Waals surface area (Å²) in [6.07, 6.45) is 0.956. The molecule has 1 aromatic heterocycles. The zero-order chi connectivity index (χ0) is 14.0. The summed E-state index contributed by atoms with van der Waals surface area (Å²) < 4.78 is 0. The first-order chi connectivity index (χ1) is 9.04. The van der Waals surface area contributed by atoms with Crippen molar-refractivity contribution in [3.05, 3.63) is 30.1 Å². The minimum atomic E-state index is -1.11. The van der Waals surface area contributed by atoms with E-state index in [1.54, 1.807) is 6.07 Å². The van der Waals surface area contributed by atoms with E-state index in [0.717, 1.165) is 11.8 Å². The molecule has 1 atom stereocenters. The topological polar surface area (TPSA) is 66.3 Å². The molecule has 1 heterocycles. The lowest BCUT2D eigenvalue weighted by Crippen LogP contribution is -2.29. The van der Waals surface area contributed by atoms with Crippen molar-refractivity contribution in [1.29, 1.82) is 0 Å². The first-order valence-electron chi connectivity index (χ1n) is 6.27. The van der Waals surface area contributed by atoms with Gasteiger partial charge in [-0.1, -0.05) is 19.1 Å². The first kappa shape index (κ1) is 13.3. The zero-order valence-corrected chi connectivity index (χ0v) is 11.3. The van der Waals surface area contributed by atoms with Gasteiger partial charge >= 0.3 is 5.97 Å². The first-order valence-corrected chi connectivity index (χ1v) is 6.27. The van der Waals surface area contributed by atoms with Crippen LogP contribution in [0.3, 0.4) is 0 Å². The van der Waals surface area contributed by atoms with Crippen molar-refractivity contribution in [2.75, 3.05) is 11.9 Å². The van der Waals surface area contributed by atoms with E-state index >= 15 is 0 Å². The quantitative estimate of drug-likeness (QED) is 0.914. The molecule has 0 amide bonds. The largest absolute Gasteiger partial charge is 0.475 e. The van der Waals surface area contributed by atoms with Gasteiger partial charge in [-0.15, -0.1) is 0 Å². The molecule has 0 saturated heterocycles. The fourth-order valence-electron chi connectivity index (χ4n) is 1.91. The van der Waals surface area contributed by atoms with Crippen molar-refractivity contribution >= 4 is 22.7 Å². The van der Waals surface area contributed by atoms with Crippen LogP contribution < -0.4 is 4.90 Å². The van der Waals surface area contributed by atoms with Gasteiger partial charge in [0.1, 0.15) is 5.82 Å². The average molecular weight is 259 g/mol. The number of hydrogen-bond acceptors (Lipinski definition) is 4. The number of nitrogens with zero attached hydrogens (tertiary/aromatic N) is 3. The number of benzene rings is 1. The summed E-state index contributed by atoms with van der Waals surface area (Å²) in [4.78, 5) is 21.4. The number of fused-ring (bicyclic) bond motifs is 1. The van der Waals surface area contributed by atoms with Crippen molar-refractivity contribution in [1.82, 2.24) is 9.97 Å². The fraction of sp³-hybridized carbons (Fsp3) is 0.357. The summed E-state index contributed by atoms with van der Waals surface area (Å²) in [7, 11) is 1.93. The number of anilines is 1. The van der Waals surface area contributed by atoms with Crippen LogP contribution in [0, 0.1) is 0 Å². The molecule has 0 spiro atoms. The molecule has 1 unspecified atom stereocenters. The summed E-state index contributed by atoms with van der Waals surface area (Å²) >= 11 is 0. The molecular formula is C14H17N3O2. The van der Waals surface area contributed by atoms with Gasteiger partial charge in [-0.25, -0.2) is 14.8 Å². The van der Waals surface area contributed by atoms with Gasteiger partial charge in [0.25, 0.3) is 0 Å². The normalized spacial score (nSPS) is 12.4. The Kier molecular flexibility index (Phi) is 3.64. The van der Waals surface area contributed by atoms with E-state index in [2.05, 4.69) is 23.8 Å². The minimum Gasteiger partial charge on any atom is -0.475 e. The van der Waals surface area contributed by atoms with E-state index in [-0.39, 0.29) is 11.9 Å². The molecule has 100 valence electrons. The van der Waals surface area contributed by atoms with Crippen molar-refractivity contribution < 1.29 is 9.90 Å². The Morgan fingerprint density at radius 1 is 1.37 bits per heavy atom. The third-order valence-corrected chi connectivity index (χ3v) is 3.36. The van der Waals surface area contributed by atoms with Gasteiger partial charge in [-0.3, -0.25) is 0 Å². The number of aromatic carboxylic acids is 1. The maximum Gasteiger partial charge on any atom is 0.374 e. The Hall–Kier alpha value is -2.17. The summed E-state index contributed by atoms with van der Waals surface area (Å²) in [6.45, 7) is 4.17. The van der Waals surface area contributed by atoms with Gasteiger partial charge in [0.2, 0.25) is 5.82 Å². The molecule has 1 N–H and O–H groups in total. The predicted octanol–water partition coefficient (Wildman–Crippen LogP) is 2.56. The number of hydrogen-bond donors (Lipinski definition) is 1. The van der Waals surface area contributed by atoms with E-state index in [4.69, 9.17) is 5.11 Å². The summed E-state index contributed by atoms with van der Waals surface area (Å²) in [5.74, 6) is -0.606. The van der Waals surface area contributed by atoms with Crippen LogP contribution in [-0.2, 0) is 0 Å². The van der Waals surface area contributed by atoms with Crippen LogP contribution in [0.4, 0.5) is 5.82 Å². The van der Waals surface area contributed by atoms with E-state index < -0.39 is 5.97 Å². The molecule has 0 radical (unpaired) electrons. The second-order valence-corrected chi connectivity index (χ2v) is 4.56. The van der Waals surface area contributed by atoms with Gasteiger partial charge in [0.15, 0.2) is 0 Å². The molecule has 2 rings (SSSR count). The average Bonchev–Trinajstić information content (AvgIpc) is 2.44. The number of carboxylic acids is 1. The Morgan fingerprint density at radius 2 is 2.05 bits per heavy atom. The van der Waals surface area contributed by atoms with Crippen LogP contribution in [0.1, 0.15) is 30.9 Å². The summed E-state index contributed by atoms with van der Waals surface area (Å²) in [5.41, 5.74) is 0.653. The predicted molar refractivity (Wildman–Crippen MR) is 74.7 cm³/mol. The molecule has 2 aromatic rings. The molecule has 5 nitrogen and oxygen atoms in total. The number of aromatic nitrogens is 2. The molecule has 0 aliphatic carbocycles. The molecule has 0 bridgehead atoms. The van der Waals surface area contributed by atoms with Crippen LogP contribution in [-0.4, -0.2) is 34.1 Å². The standard InChI is InChI=1S/C14H17N3O2/c1-4-9(2)17(3)13-10-7-5-6-8-11(10)15-12(16-13)14(18)19/h5-9H,4H2,1-3H3,(H,18,19). The van der Waals surface area contributed by atoms with Crippen LogP contribution in [0.15, 0.2) is 24.3 Å².